The van der Waals surface area contributed by atoms with Gasteiger partial charge in [0.05, 0.1) is 19.6 Å². The summed E-state index contributed by atoms with van der Waals surface area (Å²) >= 11 is 0. The first kappa shape index (κ1) is 23.5. The Labute approximate surface area is 198 Å². The van der Waals surface area contributed by atoms with Gasteiger partial charge < -0.3 is 24.8 Å². The smallest absolute Gasteiger partial charge is 0.407 e. The van der Waals surface area contributed by atoms with E-state index in [1.165, 1.54) is 4.90 Å². The summed E-state index contributed by atoms with van der Waals surface area (Å²) in [4.78, 5) is 38.3. The largest absolute Gasteiger partial charge is 0.481 e. The molecule has 0 spiro atoms. The highest BCUT2D eigenvalue weighted by Gasteiger charge is 2.31. The summed E-state index contributed by atoms with van der Waals surface area (Å²) in [6.07, 6.45) is 1.42. The van der Waals surface area contributed by atoms with Gasteiger partial charge in [0.15, 0.2) is 0 Å². The lowest BCUT2D eigenvalue weighted by molar-refractivity contribution is -0.142. The topological polar surface area (TPSA) is 105 Å². The van der Waals surface area contributed by atoms with E-state index in [2.05, 4.69) is 5.32 Å². The van der Waals surface area contributed by atoms with Gasteiger partial charge in [-0.15, -0.1) is 0 Å². The van der Waals surface area contributed by atoms with Crippen LogP contribution in [0.5, 0.6) is 0 Å². The fourth-order valence-electron chi connectivity index (χ4n) is 4.52. The monoisotopic (exact) mass is 464 g/mol. The molecule has 2 aromatic carbocycles. The van der Waals surface area contributed by atoms with Crippen molar-refractivity contribution in [2.24, 2.45) is 0 Å². The summed E-state index contributed by atoms with van der Waals surface area (Å²) in [6.45, 7) is 1.46. The first-order valence-electron chi connectivity index (χ1n) is 11.3. The van der Waals surface area contributed by atoms with Crippen molar-refractivity contribution >= 4 is 18.0 Å². The Kier molecular flexibility index (Phi) is 7.27. The molecule has 0 aromatic heterocycles. The molecule has 1 unspecified atom stereocenters. The minimum absolute atomic E-state index is 0.0773. The Balaban J connectivity index is 1.40. The van der Waals surface area contributed by atoms with Crippen LogP contribution in [0.15, 0.2) is 60.2 Å². The third-order valence-electron chi connectivity index (χ3n) is 6.11. The van der Waals surface area contributed by atoms with Crippen LogP contribution in [0.1, 0.15) is 29.9 Å². The van der Waals surface area contributed by atoms with E-state index in [9.17, 15) is 19.5 Å². The van der Waals surface area contributed by atoms with Crippen LogP contribution >= 0.6 is 0 Å². The second-order valence-corrected chi connectivity index (χ2v) is 8.52. The van der Waals surface area contributed by atoms with Crippen molar-refractivity contribution in [3.8, 4) is 11.1 Å². The van der Waals surface area contributed by atoms with Gasteiger partial charge >= 0.3 is 12.1 Å². The number of benzene rings is 2. The fourth-order valence-corrected chi connectivity index (χ4v) is 4.52. The molecule has 0 fully saturated rings. The number of hydrogen-bond acceptors (Lipinski definition) is 5. The van der Waals surface area contributed by atoms with Gasteiger partial charge in [-0.05, 0) is 34.2 Å². The van der Waals surface area contributed by atoms with Gasteiger partial charge in [0.2, 0.25) is 5.91 Å². The lowest BCUT2D eigenvalue weighted by Gasteiger charge is -2.25. The van der Waals surface area contributed by atoms with Crippen molar-refractivity contribution < 1.29 is 29.0 Å². The van der Waals surface area contributed by atoms with E-state index < -0.39 is 30.4 Å². The predicted molar refractivity (Wildman–Crippen MR) is 125 cm³/mol. The minimum atomic E-state index is -1.23. The third-order valence-corrected chi connectivity index (χ3v) is 6.11. The van der Waals surface area contributed by atoms with Crippen LogP contribution in [0.3, 0.4) is 0 Å². The zero-order chi connectivity index (χ0) is 24.1. The molecule has 8 heteroatoms. The molecule has 1 aliphatic heterocycles. The van der Waals surface area contributed by atoms with Crippen LogP contribution in [-0.4, -0.2) is 67.4 Å². The van der Waals surface area contributed by atoms with Crippen LogP contribution in [0.25, 0.3) is 11.1 Å². The SMILES string of the molecule is CN(CC1=CCCOC1)C(=O)C(CC(=O)O)NC(=O)OCC1c2ccccc2-c2ccccc21. The number of carbonyl (C=O) groups is 3. The highest BCUT2D eigenvalue weighted by Crippen LogP contribution is 2.44. The molecule has 8 nitrogen and oxygen atoms in total. The number of likely N-dealkylation sites (N-methyl/N-ethyl adjacent to an activating group) is 1. The summed E-state index contributed by atoms with van der Waals surface area (Å²) in [5.74, 6) is -1.82. The highest BCUT2D eigenvalue weighted by molar-refractivity contribution is 5.89. The number of ether oxygens (including phenoxy) is 2. The van der Waals surface area contributed by atoms with Gasteiger partial charge in [0, 0.05) is 19.5 Å². The Hall–Kier alpha value is -3.65. The quantitative estimate of drug-likeness (QED) is 0.582. The molecule has 4 rings (SSSR count). The van der Waals surface area contributed by atoms with Gasteiger partial charge in [0.1, 0.15) is 12.6 Å². The van der Waals surface area contributed by atoms with Crippen molar-refractivity contribution in [3.63, 3.8) is 0 Å². The number of alkyl carbamates (subject to hydrolysis) is 1. The van der Waals surface area contributed by atoms with Crippen LogP contribution in [0.2, 0.25) is 0 Å². The van der Waals surface area contributed by atoms with Crippen LogP contribution in [-0.2, 0) is 19.1 Å². The van der Waals surface area contributed by atoms with Crippen molar-refractivity contribution in [1.82, 2.24) is 10.2 Å². The molecular formula is C26H28N2O6. The summed E-state index contributed by atoms with van der Waals surface area (Å²) < 4.78 is 10.9. The van der Waals surface area contributed by atoms with E-state index in [4.69, 9.17) is 9.47 Å². The number of amides is 2. The van der Waals surface area contributed by atoms with Crippen molar-refractivity contribution in [3.05, 3.63) is 71.3 Å². The molecule has 34 heavy (non-hydrogen) atoms. The average Bonchev–Trinajstić information content (AvgIpc) is 3.16. The number of carbonyl (C=O) groups excluding carboxylic acids is 2. The standard InChI is InChI=1S/C26H28N2O6/c1-28(14-17-7-6-12-33-15-17)25(31)23(13-24(29)30)27-26(32)34-16-22-20-10-4-2-8-18(20)19-9-3-5-11-21(19)22/h2-5,7-11,22-23H,6,12-16H2,1H3,(H,27,32)(H,29,30). The van der Waals surface area contributed by atoms with Gasteiger partial charge in [-0.2, -0.15) is 0 Å². The van der Waals surface area contributed by atoms with Crippen molar-refractivity contribution in [2.45, 2.75) is 24.8 Å². The van der Waals surface area contributed by atoms with Crippen LogP contribution < -0.4 is 5.32 Å². The minimum Gasteiger partial charge on any atom is -0.481 e. The molecular weight excluding hydrogens is 436 g/mol. The number of fused-ring (bicyclic) bond motifs is 3. The van der Waals surface area contributed by atoms with Crippen molar-refractivity contribution in [2.75, 3.05) is 33.4 Å². The Morgan fingerprint density at radius 2 is 1.76 bits per heavy atom. The molecule has 1 heterocycles. The highest BCUT2D eigenvalue weighted by atomic mass is 16.5. The molecule has 0 radical (unpaired) electrons. The second-order valence-electron chi connectivity index (χ2n) is 8.52. The number of nitrogens with one attached hydrogen (secondary N) is 1. The fraction of sp³-hybridized carbons (Fsp3) is 0.346. The van der Waals surface area contributed by atoms with Gasteiger partial charge in [-0.3, -0.25) is 9.59 Å². The Morgan fingerprint density at radius 3 is 2.35 bits per heavy atom. The van der Waals surface area contributed by atoms with E-state index in [1.54, 1.807) is 7.05 Å². The van der Waals surface area contributed by atoms with E-state index >= 15 is 0 Å². The second kappa shape index (κ2) is 10.5. The number of carboxylic acids is 1. The van der Waals surface area contributed by atoms with Gasteiger partial charge in [0.25, 0.3) is 0 Å². The van der Waals surface area contributed by atoms with E-state index in [0.717, 1.165) is 34.2 Å². The molecule has 2 amide bonds. The molecule has 1 aliphatic carbocycles. The van der Waals surface area contributed by atoms with Crippen LogP contribution in [0.4, 0.5) is 4.79 Å². The van der Waals surface area contributed by atoms with Crippen molar-refractivity contribution in [1.29, 1.82) is 0 Å². The maximum atomic E-state index is 12.9. The van der Waals surface area contributed by atoms with Crippen LogP contribution in [0, 0.1) is 0 Å². The number of nitrogens with zero attached hydrogens (tertiary/aromatic N) is 1. The summed E-state index contributed by atoms with van der Waals surface area (Å²) in [6, 6.07) is 14.7. The molecule has 178 valence electrons. The molecule has 0 saturated carbocycles. The summed E-state index contributed by atoms with van der Waals surface area (Å²) in [7, 11) is 1.58. The first-order chi connectivity index (χ1) is 16.4. The third kappa shape index (κ3) is 5.28. The Bertz CT molecular complexity index is 1070. The number of carboxylic acid groups (broad SMARTS) is 1. The van der Waals surface area contributed by atoms with E-state index in [0.29, 0.717) is 19.8 Å². The average molecular weight is 465 g/mol. The van der Waals surface area contributed by atoms with Gasteiger partial charge in [-0.25, -0.2) is 4.79 Å². The normalized spacial score (nSPS) is 15.5. The maximum Gasteiger partial charge on any atom is 0.407 e. The number of aliphatic carboxylic acids is 1. The lowest BCUT2D eigenvalue weighted by Crippen LogP contribution is -2.49. The molecule has 2 aliphatic rings. The summed E-state index contributed by atoms with van der Waals surface area (Å²) in [5.41, 5.74) is 5.29. The van der Waals surface area contributed by atoms with E-state index in [-0.39, 0.29) is 12.5 Å². The molecule has 2 aromatic rings. The predicted octanol–water partition coefficient (Wildman–Crippen LogP) is 3.17. The Morgan fingerprint density at radius 1 is 1.12 bits per heavy atom. The van der Waals surface area contributed by atoms with E-state index in [1.807, 2.05) is 54.6 Å². The molecule has 0 bridgehead atoms. The molecule has 1 atom stereocenters. The number of rotatable bonds is 8. The van der Waals surface area contributed by atoms with Gasteiger partial charge in [-0.1, -0.05) is 54.6 Å². The zero-order valence-electron chi connectivity index (χ0n) is 19.0. The zero-order valence-corrected chi connectivity index (χ0v) is 19.0. The summed E-state index contributed by atoms with van der Waals surface area (Å²) in [5, 5.41) is 11.7. The molecule has 2 N–H and O–H groups in total. The lowest BCUT2D eigenvalue weighted by atomic mass is 9.98. The molecule has 0 saturated heterocycles. The number of hydrogen-bond donors (Lipinski definition) is 2. The maximum absolute atomic E-state index is 12.9. The first-order valence-corrected chi connectivity index (χ1v) is 11.3.